The lowest BCUT2D eigenvalue weighted by atomic mass is 10.0. The molecule has 0 fully saturated rings. The first kappa shape index (κ1) is 14.7. The fraction of sp³-hybridized carbons (Fsp3) is 0.500. The van der Waals surface area contributed by atoms with E-state index >= 15 is 0 Å². The van der Waals surface area contributed by atoms with E-state index in [1.807, 2.05) is 18.2 Å². The number of methoxy groups -OCH3 is 1. The van der Waals surface area contributed by atoms with Crippen LogP contribution in [-0.2, 0) is 11.2 Å². The van der Waals surface area contributed by atoms with Gasteiger partial charge in [0, 0.05) is 25.8 Å². The van der Waals surface area contributed by atoms with Crippen molar-refractivity contribution in [2.45, 2.75) is 25.9 Å². The van der Waals surface area contributed by atoms with E-state index in [4.69, 9.17) is 9.84 Å². The molecule has 4 heteroatoms. The summed E-state index contributed by atoms with van der Waals surface area (Å²) >= 11 is 0. The van der Waals surface area contributed by atoms with Crippen LogP contribution in [0.25, 0.3) is 0 Å². The molecule has 1 unspecified atom stereocenters. The maximum absolute atomic E-state index is 11.9. The van der Waals surface area contributed by atoms with Crippen LogP contribution in [0.4, 0.5) is 0 Å². The van der Waals surface area contributed by atoms with Gasteiger partial charge >= 0.3 is 0 Å². The number of hydrogen-bond acceptors (Lipinski definition) is 3. The highest BCUT2D eigenvalue weighted by molar-refractivity contribution is 5.95. The molecule has 0 aliphatic heterocycles. The van der Waals surface area contributed by atoms with Crippen molar-refractivity contribution in [1.82, 2.24) is 5.32 Å². The maximum Gasteiger partial charge on any atom is 0.251 e. The Morgan fingerprint density at radius 1 is 1.44 bits per heavy atom. The zero-order chi connectivity index (χ0) is 13.4. The quantitative estimate of drug-likeness (QED) is 0.720. The molecule has 2 N–H and O–H groups in total. The Bertz CT molecular complexity index is 377. The van der Waals surface area contributed by atoms with Gasteiger partial charge in [-0.2, -0.15) is 0 Å². The van der Waals surface area contributed by atoms with Crippen LogP contribution in [-0.4, -0.2) is 37.4 Å². The van der Waals surface area contributed by atoms with Gasteiger partial charge in [-0.3, -0.25) is 4.79 Å². The molecule has 1 aromatic carbocycles. The lowest BCUT2D eigenvalue weighted by Gasteiger charge is -2.11. The molecule has 1 atom stereocenters. The van der Waals surface area contributed by atoms with Gasteiger partial charge in [-0.15, -0.1) is 0 Å². The molecule has 4 nitrogen and oxygen atoms in total. The summed E-state index contributed by atoms with van der Waals surface area (Å²) in [6.07, 6.45) is 1.16. The highest BCUT2D eigenvalue weighted by Crippen LogP contribution is 2.11. The number of aryl methyl sites for hydroxylation is 1. The minimum atomic E-state index is -0.533. The van der Waals surface area contributed by atoms with Crippen LogP contribution in [0, 0.1) is 0 Å². The van der Waals surface area contributed by atoms with Crippen molar-refractivity contribution in [1.29, 1.82) is 0 Å². The number of nitrogens with one attached hydrogen (secondary N) is 1. The number of hydrogen-bond donors (Lipinski definition) is 2. The van der Waals surface area contributed by atoms with E-state index in [9.17, 15) is 4.79 Å². The Hall–Kier alpha value is -1.39. The van der Waals surface area contributed by atoms with E-state index in [0.717, 1.165) is 18.4 Å². The summed E-state index contributed by atoms with van der Waals surface area (Å²) in [4.78, 5) is 11.9. The Labute approximate surface area is 108 Å². The molecule has 0 saturated carbocycles. The van der Waals surface area contributed by atoms with Crippen LogP contribution in [0.15, 0.2) is 24.3 Å². The fourth-order valence-electron chi connectivity index (χ4n) is 1.70. The second-order valence-corrected chi connectivity index (χ2v) is 4.31. The third kappa shape index (κ3) is 4.85. The molecule has 1 rings (SSSR count). The second-order valence-electron chi connectivity index (χ2n) is 4.31. The minimum absolute atomic E-state index is 0.135. The van der Waals surface area contributed by atoms with Crippen LogP contribution in [0.5, 0.6) is 0 Å². The van der Waals surface area contributed by atoms with Crippen LogP contribution in [0.3, 0.4) is 0 Å². The normalized spacial score (nSPS) is 12.2. The van der Waals surface area contributed by atoms with Crippen LogP contribution < -0.4 is 5.32 Å². The Morgan fingerprint density at radius 3 is 2.83 bits per heavy atom. The lowest BCUT2D eigenvalue weighted by molar-refractivity contribution is 0.0923. The zero-order valence-electron chi connectivity index (χ0n) is 11.0. The summed E-state index contributed by atoms with van der Waals surface area (Å²) in [6, 6.07) is 7.52. The van der Waals surface area contributed by atoms with E-state index < -0.39 is 6.10 Å². The molecule has 0 spiro atoms. The van der Waals surface area contributed by atoms with Gasteiger partial charge < -0.3 is 15.2 Å². The largest absolute Gasteiger partial charge is 0.392 e. The molecule has 0 saturated heterocycles. The van der Waals surface area contributed by atoms with E-state index in [1.165, 1.54) is 0 Å². The van der Waals surface area contributed by atoms with Gasteiger partial charge in [0.1, 0.15) is 0 Å². The fourth-order valence-corrected chi connectivity index (χ4v) is 1.70. The average molecular weight is 251 g/mol. The van der Waals surface area contributed by atoms with Gasteiger partial charge in [0.05, 0.1) is 6.10 Å². The van der Waals surface area contributed by atoms with Crippen LogP contribution in [0.2, 0.25) is 0 Å². The minimum Gasteiger partial charge on any atom is -0.392 e. The number of aliphatic hydroxyl groups excluding tert-OH is 1. The van der Waals surface area contributed by atoms with Gasteiger partial charge in [0.25, 0.3) is 5.91 Å². The molecule has 0 aromatic heterocycles. The van der Waals surface area contributed by atoms with Crippen molar-refractivity contribution in [2.75, 3.05) is 20.3 Å². The highest BCUT2D eigenvalue weighted by atomic mass is 16.5. The first-order valence-corrected chi connectivity index (χ1v) is 6.18. The van der Waals surface area contributed by atoms with Gasteiger partial charge in [-0.05, 0) is 31.4 Å². The third-order valence-corrected chi connectivity index (χ3v) is 2.61. The van der Waals surface area contributed by atoms with Crippen molar-refractivity contribution in [3.63, 3.8) is 0 Å². The first-order chi connectivity index (χ1) is 8.65. The predicted molar refractivity (Wildman–Crippen MR) is 70.7 cm³/mol. The number of amides is 1. The van der Waals surface area contributed by atoms with Gasteiger partial charge in [0.2, 0.25) is 0 Å². The second kappa shape index (κ2) is 7.84. The molecule has 1 aromatic rings. The van der Waals surface area contributed by atoms with E-state index in [2.05, 4.69) is 5.32 Å². The summed E-state index contributed by atoms with van der Waals surface area (Å²) < 4.78 is 5.01. The van der Waals surface area contributed by atoms with Crippen molar-refractivity contribution in [2.24, 2.45) is 0 Å². The smallest absolute Gasteiger partial charge is 0.251 e. The number of carbonyl (C=O) groups is 1. The number of ether oxygens (including phenoxy) is 1. The third-order valence-electron chi connectivity index (χ3n) is 2.61. The first-order valence-electron chi connectivity index (χ1n) is 6.18. The standard InChI is InChI=1S/C14H21NO3/c1-11(16)10-15-14(17)13-8-4-3-6-12(13)7-5-9-18-2/h3-4,6,8,11,16H,5,7,9-10H2,1-2H3,(H,15,17). The molecule has 1 amide bonds. The van der Waals surface area contributed by atoms with Crippen molar-refractivity contribution in [3.8, 4) is 0 Å². The van der Waals surface area contributed by atoms with Crippen molar-refractivity contribution >= 4 is 5.91 Å². The number of carbonyl (C=O) groups excluding carboxylic acids is 1. The number of benzene rings is 1. The molecule has 0 heterocycles. The van der Waals surface area contributed by atoms with Crippen LogP contribution in [0.1, 0.15) is 29.3 Å². The van der Waals surface area contributed by atoms with E-state index in [0.29, 0.717) is 12.2 Å². The van der Waals surface area contributed by atoms with E-state index in [1.54, 1.807) is 20.1 Å². The molecule has 0 aliphatic rings. The number of aliphatic hydroxyl groups is 1. The molecule has 18 heavy (non-hydrogen) atoms. The van der Waals surface area contributed by atoms with Gasteiger partial charge in [0.15, 0.2) is 0 Å². The van der Waals surface area contributed by atoms with E-state index in [-0.39, 0.29) is 12.5 Å². The SMILES string of the molecule is COCCCc1ccccc1C(=O)NCC(C)O. The zero-order valence-corrected chi connectivity index (χ0v) is 11.0. The maximum atomic E-state index is 11.9. The summed E-state index contributed by atoms with van der Waals surface area (Å²) in [6.45, 7) is 2.60. The highest BCUT2D eigenvalue weighted by Gasteiger charge is 2.10. The molecule has 0 aliphatic carbocycles. The van der Waals surface area contributed by atoms with Crippen LogP contribution >= 0.6 is 0 Å². The average Bonchev–Trinajstić information content (AvgIpc) is 2.37. The summed E-state index contributed by atoms with van der Waals surface area (Å²) in [5.74, 6) is -0.135. The topological polar surface area (TPSA) is 58.6 Å². The molecular weight excluding hydrogens is 230 g/mol. The molecule has 100 valence electrons. The van der Waals surface area contributed by atoms with Gasteiger partial charge in [-0.25, -0.2) is 0 Å². The molecule has 0 bridgehead atoms. The predicted octanol–water partition coefficient (Wildman–Crippen LogP) is 1.38. The summed E-state index contributed by atoms with van der Waals surface area (Å²) in [5.41, 5.74) is 1.69. The van der Waals surface area contributed by atoms with Gasteiger partial charge in [-0.1, -0.05) is 18.2 Å². The Morgan fingerprint density at radius 2 is 2.17 bits per heavy atom. The Kier molecular flexibility index (Phi) is 6.39. The summed E-state index contributed by atoms with van der Waals surface area (Å²) in [7, 11) is 1.67. The monoisotopic (exact) mass is 251 g/mol. The lowest BCUT2D eigenvalue weighted by Crippen LogP contribution is -2.31. The Balaban J connectivity index is 2.65. The van der Waals surface area contributed by atoms with Crippen molar-refractivity contribution in [3.05, 3.63) is 35.4 Å². The summed E-state index contributed by atoms with van der Waals surface area (Å²) in [5, 5.41) is 11.9. The van der Waals surface area contributed by atoms with Crippen molar-refractivity contribution < 1.29 is 14.6 Å². The molecular formula is C14H21NO3. The molecule has 0 radical (unpaired) electrons. The number of rotatable bonds is 7.